The molecule has 2 atom stereocenters. The number of fused-ring (bicyclic) bond motifs is 2. The van der Waals surface area contributed by atoms with Gasteiger partial charge in [-0.3, -0.25) is 0 Å². The first-order valence-electron chi connectivity index (χ1n) is 6.30. The van der Waals surface area contributed by atoms with E-state index in [9.17, 15) is 0 Å². The third-order valence-corrected chi connectivity index (χ3v) is 3.43. The fourth-order valence-electron chi connectivity index (χ4n) is 2.50. The van der Waals surface area contributed by atoms with Crippen LogP contribution in [0.1, 0.15) is 19.8 Å². The van der Waals surface area contributed by atoms with Crippen LogP contribution in [0.3, 0.4) is 0 Å². The molecule has 2 fully saturated rings. The van der Waals surface area contributed by atoms with E-state index in [1.54, 1.807) is 0 Å². The fourth-order valence-corrected chi connectivity index (χ4v) is 2.65. The molecular weight excluding hydrogens is 254 g/mol. The van der Waals surface area contributed by atoms with Gasteiger partial charge in [0.15, 0.2) is 0 Å². The van der Waals surface area contributed by atoms with Crippen molar-refractivity contribution < 1.29 is 4.74 Å². The first kappa shape index (κ1) is 11.9. The van der Waals surface area contributed by atoms with Gasteiger partial charge in [-0.1, -0.05) is 0 Å². The molecule has 2 unspecified atom stereocenters. The van der Waals surface area contributed by atoms with Crippen LogP contribution in [0, 0.1) is 0 Å². The quantitative estimate of drug-likeness (QED) is 0.893. The lowest BCUT2D eigenvalue weighted by Gasteiger charge is -2.32. The Morgan fingerprint density at radius 3 is 2.67 bits per heavy atom. The van der Waals surface area contributed by atoms with E-state index >= 15 is 0 Å². The zero-order chi connectivity index (χ0) is 12.5. The van der Waals surface area contributed by atoms with Crippen LogP contribution in [0.25, 0.3) is 0 Å². The van der Waals surface area contributed by atoms with Crippen molar-refractivity contribution in [1.29, 1.82) is 0 Å². The maximum absolute atomic E-state index is 5.93. The van der Waals surface area contributed by atoms with E-state index in [2.05, 4.69) is 25.2 Å². The van der Waals surface area contributed by atoms with Gasteiger partial charge < -0.3 is 15.0 Å². The summed E-state index contributed by atoms with van der Waals surface area (Å²) in [5.74, 6) is 1.18. The normalized spacial score (nSPS) is 26.4. The molecular formula is C11H16ClN5O. The molecule has 3 rings (SSSR count). The molecule has 6 nitrogen and oxygen atoms in total. The number of hydrogen-bond acceptors (Lipinski definition) is 6. The van der Waals surface area contributed by atoms with Gasteiger partial charge in [-0.15, -0.1) is 0 Å². The van der Waals surface area contributed by atoms with Crippen molar-refractivity contribution in [1.82, 2.24) is 15.0 Å². The van der Waals surface area contributed by atoms with Gasteiger partial charge >= 0.3 is 0 Å². The molecule has 2 bridgehead atoms. The van der Waals surface area contributed by atoms with Gasteiger partial charge in [0.2, 0.25) is 17.2 Å². The maximum atomic E-state index is 5.93. The summed E-state index contributed by atoms with van der Waals surface area (Å²) in [5, 5.41) is 3.29. The fraction of sp³-hybridized carbons (Fsp3) is 0.727. The minimum Gasteiger partial charge on any atom is -0.371 e. The SMILES string of the molecule is CCNc1nc(Cl)nc(N2CC3CCC(C2)O3)n1. The molecule has 98 valence electrons. The van der Waals surface area contributed by atoms with E-state index in [0.29, 0.717) is 24.1 Å². The summed E-state index contributed by atoms with van der Waals surface area (Å²) in [6.45, 7) is 4.42. The van der Waals surface area contributed by atoms with Crippen molar-refractivity contribution in [3.63, 3.8) is 0 Å². The Kier molecular flexibility index (Phi) is 3.22. The van der Waals surface area contributed by atoms with Gasteiger partial charge in [0.05, 0.1) is 12.2 Å². The van der Waals surface area contributed by atoms with Crippen molar-refractivity contribution in [2.45, 2.75) is 32.0 Å². The van der Waals surface area contributed by atoms with Crippen molar-refractivity contribution in [3.8, 4) is 0 Å². The summed E-state index contributed by atoms with van der Waals surface area (Å²) >= 11 is 5.93. The molecule has 0 radical (unpaired) electrons. The highest BCUT2D eigenvalue weighted by Crippen LogP contribution is 2.28. The van der Waals surface area contributed by atoms with Crippen LogP contribution < -0.4 is 10.2 Å². The molecule has 0 spiro atoms. The van der Waals surface area contributed by atoms with E-state index in [-0.39, 0.29) is 5.28 Å². The monoisotopic (exact) mass is 269 g/mol. The summed E-state index contributed by atoms with van der Waals surface area (Å²) in [7, 11) is 0. The third kappa shape index (κ3) is 2.35. The van der Waals surface area contributed by atoms with E-state index < -0.39 is 0 Å². The van der Waals surface area contributed by atoms with E-state index in [4.69, 9.17) is 16.3 Å². The van der Waals surface area contributed by atoms with Gasteiger partial charge in [-0.2, -0.15) is 15.0 Å². The maximum Gasteiger partial charge on any atom is 0.231 e. The highest BCUT2D eigenvalue weighted by atomic mass is 35.5. The van der Waals surface area contributed by atoms with Crippen molar-refractivity contribution >= 4 is 23.5 Å². The van der Waals surface area contributed by atoms with Crippen molar-refractivity contribution in [2.24, 2.45) is 0 Å². The molecule has 0 saturated carbocycles. The number of hydrogen-bond donors (Lipinski definition) is 1. The van der Waals surface area contributed by atoms with Crippen LogP contribution in [0.4, 0.5) is 11.9 Å². The van der Waals surface area contributed by atoms with Crippen LogP contribution in [0.15, 0.2) is 0 Å². The second-order valence-electron chi connectivity index (χ2n) is 4.62. The predicted molar refractivity (Wildman–Crippen MR) is 69.1 cm³/mol. The second-order valence-corrected chi connectivity index (χ2v) is 4.96. The number of nitrogens with one attached hydrogen (secondary N) is 1. The lowest BCUT2D eigenvalue weighted by molar-refractivity contribution is 0.0299. The molecule has 0 aliphatic carbocycles. The summed E-state index contributed by atoms with van der Waals surface area (Å²) in [5.41, 5.74) is 0. The van der Waals surface area contributed by atoms with Gasteiger partial charge in [-0.05, 0) is 31.4 Å². The van der Waals surface area contributed by atoms with Gasteiger partial charge in [0, 0.05) is 19.6 Å². The third-order valence-electron chi connectivity index (χ3n) is 3.26. The van der Waals surface area contributed by atoms with E-state index in [1.807, 2.05) is 6.92 Å². The molecule has 3 heterocycles. The first-order valence-corrected chi connectivity index (χ1v) is 6.68. The Balaban J connectivity index is 1.82. The number of ether oxygens (including phenoxy) is 1. The van der Waals surface area contributed by atoms with Crippen molar-refractivity contribution in [3.05, 3.63) is 5.28 Å². The average molecular weight is 270 g/mol. The van der Waals surface area contributed by atoms with Crippen molar-refractivity contribution in [2.75, 3.05) is 29.9 Å². The van der Waals surface area contributed by atoms with E-state index in [1.165, 1.54) is 0 Å². The largest absolute Gasteiger partial charge is 0.371 e. The lowest BCUT2D eigenvalue weighted by atomic mass is 10.2. The number of rotatable bonds is 3. The molecule has 1 N–H and O–H groups in total. The highest BCUT2D eigenvalue weighted by molar-refractivity contribution is 6.28. The van der Waals surface area contributed by atoms with Crippen LogP contribution in [0.2, 0.25) is 5.28 Å². The summed E-state index contributed by atoms with van der Waals surface area (Å²) in [6, 6.07) is 0. The molecule has 1 aromatic rings. The van der Waals surface area contributed by atoms with Gasteiger partial charge in [0.1, 0.15) is 0 Å². The number of nitrogens with zero attached hydrogens (tertiary/aromatic N) is 4. The topological polar surface area (TPSA) is 63.2 Å². The molecule has 0 amide bonds. The molecule has 2 saturated heterocycles. The Hall–Kier alpha value is -1.14. The Labute approximate surface area is 111 Å². The molecule has 18 heavy (non-hydrogen) atoms. The summed E-state index contributed by atoms with van der Waals surface area (Å²) in [4.78, 5) is 14.8. The zero-order valence-electron chi connectivity index (χ0n) is 10.3. The standard InChI is InChI=1S/C11H16ClN5O/c1-2-13-10-14-9(12)15-11(16-10)17-5-7-3-4-8(6-17)18-7/h7-8H,2-6H2,1H3,(H,13,14,15,16). The smallest absolute Gasteiger partial charge is 0.231 e. The Bertz CT molecular complexity index is 431. The number of halogens is 1. The molecule has 1 aromatic heterocycles. The molecule has 0 aromatic carbocycles. The van der Waals surface area contributed by atoms with Gasteiger partial charge in [0.25, 0.3) is 0 Å². The minimum absolute atomic E-state index is 0.231. The Morgan fingerprint density at radius 2 is 2.00 bits per heavy atom. The van der Waals surface area contributed by atoms with Crippen LogP contribution in [0.5, 0.6) is 0 Å². The van der Waals surface area contributed by atoms with Crippen LogP contribution >= 0.6 is 11.6 Å². The predicted octanol–water partition coefficient (Wildman–Crippen LogP) is 1.32. The minimum atomic E-state index is 0.231. The summed E-state index contributed by atoms with van der Waals surface area (Å²) < 4.78 is 5.80. The highest BCUT2D eigenvalue weighted by Gasteiger charge is 2.34. The molecule has 2 aliphatic heterocycles. The second kappa shape index (κ2) is 4.85. The number of anilines is 2. The lowest BCUT2D eigenvalue weighted by Crippen LogP contribution is -2.43. The number of aromatic nitrogens is 3. The van der Waals surface area contributed by atoms with Gasteiger partial charge in [-0.25, -0.2) is 0 Å². The van der Waals surface area contributed by atoms with E-state index in [0.717, 1.165) is 32.5 Å². The molecule has 2 aliphatic rings. The Morgan fingerprint density at radius 1 is 1.28 bits per heavy atom. The zero-order valence-corrected chi connectivity index (χ0v) is 11.0. The first-order chi connectivity index (χ1) is 8.74. The molecule has 7 heteroatoms. The summed E-state index contributed by atoms with van der Waals surface area (Å²) in [6.07, 6.45) is 2.86. The van der Waals surface area contributed by atoms with Crippen LogP contribution in [-0.4, -0.2) is 46.8 Å². The average Bonchev–Trinajstić information content (AvgIpc) is 2.68. The van der Waals surface area contributed by atoms with Crippen LogP contribution in [-0.2, 0) is 4.74 Å². The number of morpholine rings is 1.